The fourth-order valence-electron chi connectivity index (χ4n) is 3.92. The number of carbonyl (C=O) groups excluding carboxylic acids is 2. The van der Waals surface area contributed by atoms with Crippen LogP contribution in [0.2, 0.25) is 10.0 Å². The van der Waals surface area contributed by atoms with Crippen LogP contribution in [0.4, 0.5) is 0 Å². The lowest BCUT2D eigenvalue weighted by Crippen LogP contribution is -2.15. The number of hydrogen-bond acceptors (Lipinski definition) is 4. The predicted octanol–water partition coefficient (Wildman–Crippen LogP) is 7.92. The van der Waals surface area contributed by atoms with Gasteiger partial charge in [0.1, 0.15) is 0 Å². The summed E-state index contributed by atoms with van der Waals surface area (Å²) in [7, 11) is 0. The van der Waals surface area contributed by atoms with E-state index in [1.165, 1.54) is 0 Å². The van der Waals surface area contributed by atoms with E-state index in [9.17, 15) is 9.59 Å². The number of Topliss-reactive ketones (excluding diaryl/α,β-unsaturated/α-hetero) is 1. The highest BCUT2D eigenvalue weighted by Crippen LogP contribution is 2.30. The molecule has 0 saturated heterocycles. The highest BCUT2D eigenvalue weighted by atomic mass is 35.5. The van der Waals surface area contributed by atoms with Crippen molar-refractivity contribution in [2.45, 2.75) is 0 Å². The molecule has 0 saturated carbocycles. The summed E-state index contributed by atoms with van der Waals surface area (Å²) in [6.45, 7) is -0.373. The van der Waals surface area contributed by atoms with Crippen molar-refractivity contribution in [3.63, 3.8) is 0 Å². The molecular formula is C30H19Cl2NO3. The van der Waals surface area contributed by atoms with Crippen LogP contribution in [-0.2, 0) is 4.74 Å². The van der Waals surface area contributed by atoms with E-state index < -0.39 is 5.97 Å². The number of esters is 1. The van der Waals surface area contributed by atoms with Gasteiger partial charge in [-0.2, -0.15) is 0 Å². The van der Waals surface area contributed by atoms with Gasteiger partial charge in [-0.05, 0) is 35.4 Å². The zero-order valence-corrected chi connectivity index (χ0v) is 20.5. The minimum atomic E-state index is -0.607. The maximum Gasteiger partial charge on any atom is 0.339 e. The Hall–Kier alpha value is -3.99. The number of carbonyl (C=O) groups is 2. The molecule has 1 heterocycles. The van der Waals surface area contributed by atoms with Crippen LogP contribution in [0.15, 0.2) is 103 Å². The van der Waals surface area contributed by atoms with Gasteiger partial charge in [-0.1, -0.05) is 102 Å². The van der Waals surface area contributed by atoms with Gasteiger partial charge in [0, 0.05) is 16.5 Å². The number of para-hydroxylation sites is 1. The van der Waals surface area contributed by atoms with E-state index in [-0.39, 0.29) is 12.4 Å². The van der Waals surface area contributed by atoms with E-state index >= 15 is 0 Å². The number of ether oxygens (including phenoxy) is 1. The molecule has 0 N–H and O–H groups in total. The van der Waals surface area contributed by atoms with Crippen molar-refractivity contribution in [3.8, 4) is 22.4 Å². The summed E-state index contributed by atoms with van der Waals surface area (Å²) in [5.41, 5.74) is 4.72. The molecule has 5 rings (SSSR count). The van der Waals surface area contributed by atoms with E-state index in [1.807, 2.05) is 60.7 Å². The molecule has 5 aromatic rings. The maximum absolute atomic E-state index is 13.1. The summed E-state index contributed by atoms with van der Waals surface area (Å²) in [5, 5.41) is 1.44. The molecule has 0 aliphatic rings. The van der Waals surface area contributed by atoms with Crippen molar-refractivity contribution in [1.82, 2.24) is 4.98 Å². The molecule has 0 aliphatic carbocycles. The van der Waals surface area contributed by atoms with E-state index in [0.29, 0.717) is 43.3 Å². The Bertz CT molecular complexity index is 1580. The fraction of sp³-hybridized carbons (Fsp3) is 0.0333. The Balaban J connectivity index is 1.37. The Kier molecular flexibility index (Phi) is 6.81. The van der Waals surface area contributed by atoms with Crippen molar-refractivity contribution < 1.29 is 14.3 Å². The summed E-state index contributed by atoms with van der Waals surface area (Å²) in [6, 6.07) is 31.2. The lowest BCUT2D eigenvalue weighted by molar-refractivity contribution is 0.0476. The third-order valence-electron chi connectivity index (χ3n) is 5.80. The van der Waals surface area contributed by atoms with Crippen LogP contribution in [0, 0.1) is 0 Å². The lowest BCUT2D eigenvalue weighted by Gasteiger charge is -2.11. The Morgan fingerprint density at radius 2 is 1.36 bits per heavy atom. The van der Waals surface area contributed by atoms with Crippen LogP contribution in [0.1, 0.15) is 20.7 Å². The smallest absolute Gasteiger partial charge is 0.339 e. The summed E-state index contributed by atoms with van der Waals surface area (Å²) in [5.74, 6) is -0.893. The summed E-state index contributed by atoms with van der Waals surface area (Å²) in [4.78, 5) is 30.5. The number of hydrogen-bond donors (Lipinski definition) is 0. The molecule has 0 fully saturated rings. The van der Waals surface area contributed by atoms with Gasteiger partial charge >= 0.3 is 5.97 Å². The van der Waals surface area contributed by atoms with Crippen LogP contribution >= 0.6 is 23.2 Å². The second-order valence-electron chi connectivity index (χ2n) is 8.14. The molecule has 1 aromatic heterocycles. The largest absolute Gasteiger partial charge is 0.454 e. The Morgan fingerprint density at radius 3 is 2.11 bits per heavy atom. The van der Waals surface area contributed by atoms with Gasteiger partial charge in [0.05, 0.1) is 26.8 Å². The zero-order valence-electron chi connectivity index (χ0n) is 18.9. The molecule has 0 spiro atoms. The first-order valence-electron chi connectivity index (χ1n) is 11.2. The summed E-state index contributed by atoms with van der Waals surface area (Å²) >= 11 is 12.2. The number of pyridine rings is 1. The van der Waals surface area contributed by atoms with Crippen molar-refractivity contribution in [2.24, 2.45) is 0 Å². The van der Waals surface area contributed by atoms with Crippen molar-refractivity contribution >= 4 is 45.9 Å². The number of fused-ring (bicyclic) bond motifs is 1. The van der Waals surface area contributed by atoms with Crippen LogP contribution < -0.4 is 0 Å². The van der Waals surface area contributed by atoms with E-state index in [4.69, 9.17) is 27.9 Å². The van der Waals surface area contributed by atoms with Gasteiger partial charge in [-0.3, -0.25) is 4.79 Å². The standard InChI is InChI=1S/C30H19Cl2NO3/c31-25-15-14-22(16-26(25)32)28-17-24(23-8-4-5-9-27(23)33-28)30(35)36-18-29(34)21-12-10-20(11-13-21)19-6-2-1-3-7-19/h1-17H,18H2. The average Bonchev–Trinajstić information content (AvgIpc) is 2.93. The van der Waals surface area contributed by atoms with Gasteiger partial charge in [-0.15, -0.1) is 0 Å². The van der Waals surface area contributed by atoms with Crippen molar-refractivity contribution in [1.29, 1.82) is 0 Å². The number of ketones is 1. The molecule has 0 amide bonds. The second-order valence-corrected chi connectivity index (χ2v) is 8.96. The third-order valence-corrected chi connectivity index (χ3v) is 6.54. The van der Waals surface area contributed by atoms with Crippen LogP contribution in [0.3, 0.4) is 0 Å². The first-order valence-corrected chi connectivity index (χ1v) is 12.0. The highest BCUT2D eigenvalue weighted by Gasteiger charge is 2.17. The van der Waals surface area contributed by atoms with Gasteiger partial charge < -0.3 is 4.74 Å². The highest BCUT2D eigenvalue weighted by molar-refractivity contribution is 6.42. The number of rotatable bonds is 6. The molecular weight excluding hydrogens is 493 g/mol. The third kappa shape index (κ3) is 5.01. The predicted molar refractivity (Wildman–Crippen MR) is 144 cm³/mol. The van der Waals surface area contributed by atoms with Crippen LogP contribution in [0.25, 0.3) is 33.3 Å². The molecule has 176 valence electrons. The fourth-order valence-corrected chi connectivity index (χ4v) is 4.22. The number of nitrogens with zero attached hydrogens (tertiary/aromatic N) is 1. The zero-order chi connectivity index (χ0) is 25.1. The molecule has 6 heteroatoms. The SMILES string of the molecule is O=C(COC(=O)c1cc(-c2ccc(Cl)c(Cl)c2)nc2ccccc12)c1ccc(-c2ccccc2)cc1. The molecule has 0 bridgehead atoms. The summed E-state index contributed by atoms with van der Waals surface area (Å²) in [6.07, 6.45) is 0. The Labute approximate surface area is 218 Å². The van der Waals surface area contributed by atoms with E-state index in [0.717, 1.165) is 11.1 Å². The molecule has 4 aromatic carbocycles. The first-order chi connectivity index (χ1) is 17.5. The molecule has 0 atom stereocenters. The van der Waals surface area contributed by atoms with E-state index in [2.05, 4.69) is 4.98 Å². The first kappa shape index (κ1) is 23.7. The van der Waals surface area contributed by atoms with Gasteiger partial charge in [0.15, 0.2) is 12.4 Å². The van der Waals surface area contributed by atoms with Crippen molar-refractivity contribution in [2.75, 3.05) is 6.61 Å². The maximum atomic E-state index is 13.1. The average molecular weight is 512 g/mol. The molecule has 36 heavy (non-hydrogen) atoms. The second kappa shape index (κ2) is 10.3. The quantitative estimate of drug-likeness (QED) is 0.171. The van der Waals surface area contributed by atoms with Gasteiger partial charge in [0.2, 0.25) is 0 Å². The van der Waals surface area contributed by atoms with Crippen LogP contribution in [0.5, 0.6) is 0 Å². The van der Waals surface area contributed by atoms with E-state index in [1.54, 1.807) is 42.5 Å². The number of aromatic nitrogens is 1. The monoisotopic (exact) mass is 511 g/mol. The molecule has 0 unspecified atom stereocenters. The minimum absolute atomic E-state index is 0.286. The molecule has 4 nitrogen and oxygen atoms in total. The summed E-state index contributed by atoms with van der Waals surface area (Å²) < 4.78 is 5.44. The normalized spacial score (nSPS) is 10.8. The van der Waals surface area contributed by atoms with Crippen LogP contribution in [-0.4, -0.2) is 23.3 Å². The topological polar surface area (TPSA) is 56.3 Å². The molecule has 0 aliphatic heterocycles. The number of benzene rings is 4. The van der Waals surface area contributed by atoms with Crippen molar-refractivity contribution in [3.05, 3.63) is 124 Å². The lowest BCUT2D eigenvalue weighted by atomic mass is 10.0. The van der Waals surface area contributed by atoms with Gasteiger partial charge in [0.25, 0.3) is 0 Å². The number of halogens is 2. The minimum Gasteiger partial charge on any atom is -0.454 e. The van der Waals surface area contributed by atoms with Gasteiger partial charge in [-0.25, -0.2) is 9.78 Å². The Morgan fingerprint density at radius 1 is 0.694 bits per heavy atom. The molecule has 0 radical (unpaired) electrons.